The summed E-state index contributed by atoms with van der Waals surface area (Å²) < 4.78 is 24.3. The van der Waals surface area contributed by atoms with Gasteiger partial charge in [-0.05, 0) is 35.9 Å². The lowest BCUT2D eigenvalue weighted by atomic mass is 10.1. The molecule has 0 saturated heterocycles. The van der Waals surface area contributed by atoms with Gasteiger partial charge in [0.05, 0.1) is 5.02 Å². The Hall–Kier alpha value is -1.79. The van der Waals surface area contributed by atoms with Crippen molar-refractivity contribution in [1.82, 2.24) is 5.32 Å². The van der Waals surface area contributed by atoms with Crippen LogP contribution in [0.25, 0.3) is 0 Å². The van der Waals surface area contributed by atoms with Gasteiger partial charge in [-0.1, -0.05) is 27.5 Å². The topological polar surface area (TPSA) is 47.6 Å². The summed E-state index contributed by atoms with van der Waals surface area (Å²) >= 11 is 9.35. The molecule has 0 spiro atoms. The second-order valence-corrected chi connectivity index (χ2v) is 5.87. The number of rotatable bonds is 3. The highest BCUT2D eigenvalue weighted by Crippen LogP contribution is 2.39. The first-order valence-electron chi connectivity index (χ1n) is 6.36. The third kappa shape index (κ3) is 3.03. The number of hydrogen-bond donors (Lipinski definition) is 1. The molecule has 4 nitrogen and oxygen atoms in total. The predicted octanol–water partition coefficient (Wildman–Crippen LogP) is 3.90. The van der Waals surface area contributed by atoms with Crippen LogP contribution in [0.15, 0.2) is 34.8 Å². The van der Waals surface area contributed by atoms with E-state index in [9.17, 15) is 9.18 Å². The number of ether oxygens (including phenoxy) is 2. The van der Waals surface area contributed by atoms with Crippen molar-refractivity contribution in [3.63, 3.8) is 0 Å². The van der Waals surface area contributed by atoms with Crippen molar-refractivity contribution in [2.75, 3.05) is 6.79 Å². The standard InChI is InChI=1S/C15H10BrClFNO3/c16-11-2-1-10(18)3-9(11)6-19-15(20)8-4-12(17)14-13(5-8)21-7-22-14/h1-5H,6-7H2,(H,19,20). The second kappa shape index (κ2) is 6.14. The molecule has 2 aromatic carbocycles. The Kier molecular flexibility index (Phi) is 4.22. The Morgan fingerprint density at radius 1 is 1.32 bits per heavy atom. The van der Waals surface area contributed by atoms with Crippen LogP contribution in [-0.2, 0) is 6.54 Å². The molecule has 0 aliphatic carbocycles. The van der Waals surface area contributed by atoms with Gasteiger partial charge in [0, 0.05) is 16.6 Å². The van der Waals surface area contributed by atoms with E-state index in [1.54, 1.807) is 12.1 Å². The van der Waals surface area contributed by atoms with E-state index in [1.807, 2.05) is 0 Å². The molecule has 0 fully saturated rings. The molecule has 0 radical (unpaired) electrons. The van der Waals surface area contributed by atoms with Gasteiger partial charge in [0.25, 0.3) is 5.91 Å². The van der Waals surface area contributed by atoms with Gasteiger partial charge in [0.15, 0.2) is 11.5 Å². The summed E-state index contributed by atoms with van der Waals surface area (Å²) in [7, 11) is 0. The molecule has 0 bridgehead atoms. The lowest BCUT2D eigenvalue weighted by Crippen LogP contribution is -2.23. The van der Waals surface area contributed by atoms with Crippen molar-refractivity contribution in [1.29, 1.82) is 0 Å². The van der Waals surface area contributed by atoms with Crippen molar-refractivity contribution < 1.29 is 18.7 Å². The minimum Gasteiger partial charge on any atom is -0.454 e. The van der Waals surface area contributed by atoms with Gasteiger partial charge in [-0.25, -0.2) is 4.39 Å². The maximum Gasteiger partial charge on any atom is 0.251 e. The van der Waals surface area contributed by atoms with Crippen molar-refractivity contribution in [3.8, 4) is 11.5 Å². The average molecular weight is 387 g/mol. The molecule has 1 amide bonds. The minimum atomic E-state index is -0.362. The Labute approximate surface area is 139 Å². The van der Waals surface area contributed by atoms with Gasteiger partial charge in [0.1, 0.15) is 5.82 Å². The zero-order valence-electron chi connectivity index (χ0n) is 11.2. The lowest BCUT2D eigenvalue weighted by molar-refractivity contribution is 0.0950. The average Bonchev–Trinajstić information content (AvgIpc) is 2.97. The summed E-state index contributed by atoms with van der Waals surface area (Å²) in [5.41, 5.74) is 0.988. The normalized spacial score (nSPS) is 12.3. The summed E-state index contributed by atoms with van der Waals surface area (Å²) in [4.78, 5) is 12.2. The molecule has 0 unspecified atom stereocenters. The number of benzene rings is 2. The molecule has 1 heterocycles. The minimum absolute atomic E-state index is 0.0797. The monoisotopic (exact) mass is 385 g/mol. The number of fused-ring (bicyclic) bond motifs is 1. The first-order valence-corrected chi connectivity index (χ1v) is 7.53. The molecule has 1 N–H and O–H groups in total. The number of halogens is 3. The zero-order chi connectivity index (χ0) is 15.7. The maximum atomic E-state index is 13.2. The fraction of sp³-hybridized carbons (Fsp3) is 0.133. The second-order valence-electron chi connectivity index (χ2n) is 4.61. The number of nitrogens with one attached hydrogen (secondary N) is 1. The first kappa shape index (κ1) is 15.1. The van der Waals surface area contributed by atoms with Crippen molar-refractivity contribution in [2.24, 2.45) is 0 Å². The summed E-state index contributed by atoms with van der Waals surface area (Å²) in [5, 5.41) is 3.02. The highest BCUT2D eigenvalue weighted by Gasteiger charge is 2.20. The third-order valence-electron chi connectivity index (χ3n) is 3.14. The maximum absolute atomic E-state index is 13.2. The summed E-state index contributed by atoms with van der Waals surface area (Å²) in [6.45, 7) is 0.263. The highest BCUT2D eigenvalue weighted by atomic mass is 79.9. The van der Waals surface area contributed by atoms with Crippen molar-refractivity contribution >= 4 is 33.4 Å². The van der Waals surface area contributed by atoms with Crippen LogP contribution in [0, 0.1) is 5.82 Å². The quantitative estimate of drug-likeness (QED) is 0.870. The third-order valence-corrected chi connectivity index (χ3v) is 4.19. The van der Waals surface area contributed by atoms with Gasteiger partial charge >= 0.3 is 0 Å². The summed E-state index contributed by atoms with van der Waals surface area (Å²) in [5.74, 6) is 0.172. The van der Waals surface area contributed by atoms with Crippen LogP contribution in [0.1, 0.15) is 15.9 Å². The van der Waals surface area contributed by atoms with Crippen LogP contribution in [0.4, 0.5) is 4.39 Å². The van der Waals surface area contributed by atoms with E-state index >= 15 is 0 Å². The van der Waals surface area contributed by atoms with E-state index in [1.165, 1.54) is 18.2 Å². The number of carbonyl (C=O) groups is 1. The van der Waals surface area contributed by atoms with Crippen molar-refractivity contribution in [3.05, 3.63) is 56.8 Å². The van der Waals surface area contributed by atoms with Gasteiger partial charge in [-0.2, -0.15) is 0 Å². The number of hydrogen-bond acceptors (Lipinski definition) is 3. The Morgan fingerprint density at radius 2 is 2.14 bits per heavy atom. The fourth-order valence-corrected chi connectivity index (χ4v) is 2.71. The molecule has 3 rings (SSSR count). The van der Waals surface area contributed by atoms with Gasteiger partial charge < -0.3 is 14.8 Å². The molecular formula is C15H10BrClFNO3. The smallest absolute Gasteiger partial charge is 0.251 e. The molecule has 1 aliphatic rings. The SMILES string of the molecule is O=C(NCc1cc(F)ccc1Br)c1cc(Cl)c2c(c1)OCO2. The van der Waals surface area contributed by atoms with E-state index < -0.39 is 0 Å². The van der Waals surface area contributed by atoms with Crippen LogP contribution < -0.4 is 14.8 Å². The molecular weight excluding hydrogens is 377 g/mol. The molecule has 0 aromatic heterocycles. The predicted molar refractivity (Wildman–Crippen MR) is 82.8 cm³/mol. The van der Waals surface area contributed by atoms with Crippen molar-refractivity contribution in [2.45, 2.75) is 6.54 Å². The van der Waals surface area contributed by atoms with Gasteiger partial charge in [0.2, 0.25) is 6.79 Å². The zero-order valence-corrected chi connectivity index (χ0v) is 13.5. The fourth-order valence-electron chi connectivity index (χ4n) is 2.05. The van der Waals surface area contributed by atoms with Crippen LogP contribution in [0.3, 0.4) is 0 Å². The van der Waals surface area contributed by atoms with Gasteiger partial charge in [-0.15, -0.1) is 0 Å². The largest absolute Gasteiger partial charge is 0.454 e. The van der Waals surface area contributed by atoms with Crippen LogP contribution >= 0.6 is 27.5 Å². The van der Waals surface area contributed by atoms with Crippen LogP contribution in [0.5, 0.6) is 11.5 Å². The molecule has 2 aromatic rings. The molecule has 0 saturated carbocycles. The van der Waals surface area contributed by atoms with Crippen LogP contribution in [0.2, 0.25) is 5.02 Å². The van der Waals surface area contributed by atoms with E-state index in [0.717, 1.165) is 4.47 Å². The Bertz CT molecular complexity index is 754. The van der Waals surface area contributed by atoms with E-state index in [0.29, 0.717) is 27.6 Å². The molecule has 22 heavy (non-hydrogen) atoms. The summed E-state index contributed by atoms with van der Waals surface area (Å²) in [6, 6.07) is 7.35. The van der Waals surface area contributed by atoms with E-state index in [-0.39, 0.29) is 25.1 Å². The number of amides is 1. The first-order chi connectivity index (χ1) is 10.5. The van der Waals surface area contributed by atoms with E-state index in [4.69, 9.17) is 21.1 Å². The molecule has 1 aliphatic heterocycles. The molecule has 0 atom stereocenters. The summed E-state index contributed by atoms with van der Waals surface area (Å²) in [6.07, 6.45) is 0. The molecule has 7 heteroatoms. The highest BCUT2D eigenvalue weighted by molar-refractivity contribution is 9.10. The van der Waals surface area contributed by atoms with E-state index in [2.05, 4.69) is 21.2 Å². The molecule has 114 valence electrons. The Balaban J connectivity index is 1.75. The Morgan fingerprint density at radius 3 is 2.95 bits per heavy atom. The van der Waals surface area contributed by atoms with Gasteiger partial charge in [-0.3, -0.25) is 4.79 Å². The lowest BCUT2D eigenvalue weighted by Gasteiger charge is -2.08. The number of carbonyl (C=O) groups excluding carboxylic acids is 1. The van der Waals surface area contributed by atoms with Crippen LogP contribution in [-0.4, -0.2) is 12.7 Å².